The monoisotopic (exact) mass is 510 g/mol. The molecule has 0 aromatic heterocycles. The number of β-lactam (4-membered cyclic amide) rings is 1. The lowest BCUT2D eigenvalue weighted by Crippen LogP contribution is -2.46. The zero-order valence-electron chi connectivity index (χ0n) is 20.2. The topological polar surface area (TPSA) is 86.7 Å². The van der Waals surface area contributed by atoms with Gasteiger partial charge in [0.25, 0.3) is 0 Å². The molecular weight excluding hydrogens is 479 g/mol. The van der Waals surface area contributed by atoms with Gasteiger partial charge in [-0.15, -0.1) is 0 Å². The molecule has 8 heteroatoms. The highest BCUT2D eigenvalue weighted by Crippen LogP contribution is 2.39. The molecule has 0 aliphatic carbocycles. The number of hydrogen-bond acceptors (Lipinski definition) is 4. The second kappa shape index (κ2) is 11.3. The molecule has 6 nitrogen and oxygen atoms in total. The summed E-state index contributed by atoms with van der Waals surface area (Å²) in [6.45, 7) is 0.332. The minimum atomic E-state index is -3.25. The number of aliphatic hydroxyl groups excluding tert-OH is 1. The van der Waals surface area contributed by atoms with Gasteiger partial charge in [-0.25, -0.2) is 17.5 Å². The molecule has 1 aliphatic heterocycles. The molecule has 190 valence electrons. The van der Waals surface area contributed by atoms with Crippen LogP contribution in [0.2, 0.25) is 0 Å². The molecule has 4 rings (SSSR count). The van der Waals surface area contributed by atoms with Crippen molar-refractivity contribution in [1.29, 1.82) is 0 Å². The van der Waals surface area contributed by atoms with E-state index in [9.17, 15) is 22.7 Å². The van der Waals surface area contributed by atoms with E-state index in [0.29, 0.717) is 44.2 Å². The number of anilines is 1. The van der Waals surface area contributed by atoms with Gasteiger partial charge in [0.1, 0.15) is 5.82 Å². The molecule has 3 aromatic carbocycles. The molecule has 1 aliphatic rings. The lowest BCUT2D eigenvalue weighted by molar-refractivity contribution is -0.124. The van der Waals surface area contributed by atoms with E-state index in [-0.39, 0.29) is 17.8 Å². The Morgan fingerprint density at radius 1 is 1.03 bits per heavy atom. The van der Waals surface area contributed by atoms with Crippen molar-refractivity contribution in [3.8, 4) is 0 Å². The van der Waals surface area contributed by atoms with Gasteiger partial charge in [-0.1, -0.05) is 48.5 Å². The van der Waals surface area contributed by atoms with Gasteiger partial charge < -0.3 is 10.0 Å². The zero-order valence-corrected chi connectivity index (χ0v) is 21.0. The molecule has 2 atom stereocenters. The molecule has 1 heterocycles. The largest absolute Gasteiger partial charge is 0.388 e. The van der Waals surface area contributed by atoms with Crippen LogP contribution >= 0.6 is 0 Å². The fourth-order valence-electron chi connectivity index (χ4n) is 4.60. The second-order valence-electron chi connectivity index (χ2n) is 9.22. The van der Waals surface area contributed by atoms with Crippen LogP contribution in [-0.2, 0) is 27.7 Å². The Morgan fingerprint density at radius 3 is 2.42 bits per heavy atom. The van der Waals surface area contributed by atoms with E-state index in [1.165, 1.54) is 12.1 Å². The third-order valence-electron chi connectivity index (χ3n) is 6.53. The number of nitrogens with zero attached hydrogens (tertiary/aromatic N) is 1. The molecule has 1 amide bonds. The number of hydrogen-bond donors (Lipinski definition) is 2. The number of amides is 1. The zero-order chi connectivity index (χ0) is 25.7. The van der Waals surface area contributed by atoms with Crippen LogP contribution in [-0.4, -0.2) is 32.2 Å². The van der Waals surface area contributed by atoms with Crippen LogP contribution in [0.4, 0.5) is 10.1 Å². The Morgan fingerprint density at radius 2 is 1.75 bits per heavy atom. The van der Waals surface area contributed by atoms with Gasteiger partial charge in [-0.05, 0) is 72.2 Å². The normalized spacial score (nSPS) is 16.6. The third-order valence-corrected chi connectivity index (χ3v) is 7.26. The highest BCUT2D eigenvalue weighted by molar-refractivity contribution is 7.88. The van der Waals surface area contributed by atoms with Crippen molar-refractivity contribution in [2.75, 3.05) is 17.7 Å². The Bertz CT molecular complexity index is 1300. The Balaban J connectivity index is 1.53. The maximum absolute atomic E-state index is 13.3. The van der Waals surface area contributed by atoms with E-state index in [2.05, 4.69) is 4.72 Å². The molecular formula is C28H31FN2O4S. The van der Waals surface area contributed by atoms with Crippen LogP contribution in [0.3, 0.4) is 0 Å². The van der Waals surface area contributed by atoms with Gasteiger partial charge in [0.15, 0.2) is 0 Å². The van der Waals surface area contributed by atoms with E-state index in [4.69, 9.17) is 0 Å². The van der Waals surface area contributed by atoms with Crippen molar-refractivity contribution >= 4 is 21.6 Å². The van der Waals surface area contributed by atoms with Gasteiger partial charge in [-0.2, -0.15) is 0 Å². The Kier molecular flexibility index (Phi) is 8.18. The first-order chi connectivity index (χ1) is 17.2. The molecule has 2 N–H and O–H groups in total. The van der Waals surface area contributed by atoms with Gasteiger partial charge in [0.2, 0.25) is 15.9 Å². The highest BCUT2D eigenvalue weighted by atomic mass is 32.2. The van der Waals surface area contributed by atoms with E-state index in [1.54, 1.807) is 12.1 Å². The Labute approximate surface area is 211 Å². The van der Waals surface area contributed by atoms with E-state index in [1.807, 2.05) is 53.4 Å². The number of aliphatic hydroxyl groups is 1. The number of benzene rings is 3. The van der Waals surface area contributed by atoms with Crippen LogP contribution in [0, 0.1) is 5.82 Å². The van der Waals surface area contributed by atoms with Crippen LogP contribution < -0.4 is 9.62 Å². The van der Waals surface area contributed by atoms with E-state index >= 15 is 0 Å². The molecule has 0 radical (unpaired) electrons. The SMILES string of the molecule is CS(=O)(=O)NCCCc1ccc(N2C(=O)CC2c2ccccc2)cc1CC[C@H](O)c1ccc(F)cc1. The first-order valence-electron chi connectivity index (χ1n) is 12.1. The lowest BCUT2D eigenvalue weighted by Gasteiger charge is -2.41. The van der Waals surface area contributed by atoms with Crippen molar-refractivity contribution < 1.29 is 22.7 Å². The average molecular weight is 511 g/mol. The maximum Gasteiger partial charge on any atom is 0.230 e. The number of sulfonamides is 1. The van der Waals surface area contributed by atoms with Gasteiger partial charge in [-0.3, -0.25) is 4.79 Å². The Hall–Kier alpha value is -3.07. The maximum atomic E-state index is 13.3. The number of carbonyl (C=O) groups is 1. The van der Waals surface area contributed by atoms with Crippen molar-refractivity contribution in [3.05, 3.63) is 101 Å². The van der Waals surface area contributed by atoms with Crippen molar-refractivity contribution in [2.24, 2.45) is 0 Å². The second-order valence-corrected chi connectivity index (χ2v) is 11.1. The minimum absolute atomic E-state index is 0.0128. The summed E-state index contributed by atoms with van der Waals surface area (Å²) in [6, 6.07) is 21.7. The molecule has 1 saturated heterocycles. The first kappa shape index (κ1) is 26.0. The summed E-state index contributed by atoms with van der Waals surface area (Å²) in [6.07, 6.45) is 3.10. The average Bonchev–Trinajstić information content (AvgIpc) is 2.84. The summed E-state index contributed by atoms with van der Waals surface area (Å²) in [5.41, 5.74) is 4.59. The van der Waals surface area contributed by atoms with Crippen LogP contribution in [0.5, 0.6) is 0 Å². The van der Waals surface area contributed by atoms with E-state index in [0.717, 1.165) is 28.6 Å². The molecule has 0 saturated carbocycles. The third kappa shape index (κ3) is 6.57. The predicted octanol–water partition coefficient (Wildman–Crippen LogP) is 4.45. The number of nitrogens with one attached hydrogen (secondary N) is 1. The molecule has 0 spiro atoms. The molecule has 1 unspecified atom stereocenters. The first-order valence-corrected chi connectivity index (χ1v) is 14.0. The summed E-state index contributed by atoms with van der Waals surface area (Å²) in [5, 5.41) is 10.7. The minimum Gasteiger partial charge on any atom is -0.388 e. The predicted molar refractivity (Wildman–Crippen MR) is 139 cm³/mol. The lowest BCUT2D eigenvalue weighted by atomic mass is 9.91. The summed E-state index contributed by atoms with van der Waals surface area (Å²) in [4.78, 5) is 14.4. The van der Waals surface area contributed by atoms with Gasteiger partial charge in [0, 0.05) is 12.2 Å². The number of rotatable bonds is 11. The molecule has 0 bridgehead atoms. The number of halogens is 1. The number of carbonyl (C=O) groups excluding carboxylic acids is 1. The molecule has 3 aromatic rings. The van der Waals surface area contributed by atoms with Crippen molar-refractivity contribution in [3.63, 3.8) is 0 Å². The van der Waals surface area contributed by atoms with E-state index < -0.39 is 16.1 Å². The van der Waals surface area contributed by atoms with Crippen LogP contribution in [0.25, 0.3) is 0 Å². The standard InChI is InChI=1S/C28H31FN2O4S/c1-36(34,35)30-17-5-8-20-11-15-25(31-26(19-28(31)33)21-6-3-2-4-7-21)18-23(20)12-16-27(32)22-9-13-24(29)14-10-22/h2-4,6-7,9-11,13-15,18,26-27,30,32H,5,8,12,16-17,19H2,1H3/t26?,27-/m0/s1. The quantitative estimate of drug-likeness (QED) is 0.295. The summed E-state index contributed by atoms with van der Waals surface area (Å²) in [5.74, 6) is -0.290. The highest BCUT2D eigenvalue weighted by Gasteiger charge is 2.38. The molecule has 36 heavy (non-hydrogen) atoms. The van der Waals surface area contributed by atoms with Gasteiger partial charge in [0.05, 0.1) is 24.8 Å². The summed E-state index contributed by atoms with van der Waals surface area (Å²) >= 11 is 0. The fourth-order valence-corrected chi connectivity index (χ4v) is 5.12. The summed E-state index contributed by atoms with van der Waals surface area (Å²) in [7, 11) is -3.25. The molecule has 1 fully saturated rings. The number of aryl methyl sites for hydroxylation is 2. The van der Waals surface area contributed by atoms with Crippen LogP contribution in [0.1, 0.15) is 53.7 Å². The van der Waals surface area contributed by atoms with Crippen molar-refractivity contribution in [1.82, 2.24) is 4.72 Å². The summed E-state index contributed by atoms with van der Waals surface area (Å²) < 4.78 is 38.5. The van der Waals surface area contributed by atoms with Crippen molar-refractivity contribution in [2.45, 2.75) is 44.2 Å². The van der Waals surface area contributed by atoms with Crippen LogP contribution in [0.15, 0.2) is 72.8 Å². The van der Waals surface area contributed by atoms with Gasteiger partial charge >= 0.3 is 0 Å². The fraction of sp³-hybridized carbons (Fsp3) is 0.321. The smallest absolute Gasteiger partial charge is 0.230 e.